The van der Waals surface area contributed by atoms with Crippen molar-refractivity contribution in [2.75, 3.05) is 24.7 Å². The normalized spacial score (nSPS) is 14.3. The van der Waals surface area contributed by atoms with Gasteiger partial charge in [0.25, 0.3) is 0 Å². The van der Waals surface area contributed by atoms with Crippen molar-refractivity contribution in [3.05, 3.63) is 24.3 Å². The van der Waals surface area contributed by atoms with Crippen molar-refractivity contribution in [1.29, 1.82) is 0 Å². The van der Waals surface area contributed by atoms with Crippen molar-refractivity contribution in [3.63, 3.8) is 0 Å². The van der Waals surface area contributed by atoms with Gasteiger partial charge in [-0.05, 0) is 26.0 Å². The van der Waals surface area contributed by atoms with Crippen molar-refractivity contribution in [3.8, 4) is 0 Å². The zero-order chi connectivity index (χ0) is 16.2. The van der Waals surface area contributed by atoms with E-state index in [1.807, 2.05) is 6.07 Å². The lowest BCUT2D eigenvalue weighted by atomic mass is 10.2. The second kappa shape index (κ2) is 7.05. The van der Waals surface area contributed by atoms with E-state index in [1.54, 1.807) is 32.0 Å². The molecule has 0 saturated carbocycles. The lowest BCUT2D eigenvalue weighted by Gasteiger charge is -2.28. The Morgan fingerprint density at radius 2 is 1.91 bits per heavy atom. The molecule has 8 heteroatoms. The first-order valence-electron chi connectivity index (χ1n) is 7.02. The van der Waals surface area contributed by atoms with Crippen LogP contribution in [0.4, 0.5) is 11.4 Å². The summed E-state index contributed by atoms with van der Waals surface area (Å²) in [6.07, 6.45) is 0. The number of fused-ring (bicyclic) bond motifs is 1. The van der Waals surface area contributed by atoms with Crippen molar-refractivity contribution in [2.24, 2.45) is 4.99 Å². The van der Waals surface area contributed by atoms with Gasteiger partial charge in [-0.1, -0.05) is 12.1 Å². The van der Waals surface area contributed by atoms with Crippen LogP contribution in [0.3, 0.4) is 0 Å². The predicted octanol–water partition coefficient (Wildman–Crippen LogP) is 3.28. The number of phosphoric ester groups is 1. The van der Waals surface area contributed by atoms with E-state index in [2.05, 4.69) is 4.99 Å². The Balaban J connectivity index is 2.31. The zero-order valence-electron chi connectivity index (χ0n) is 12.8. The monoisotopic (exact) mass is 326 g/mol. The summed E-state index contributed by atoms with van der Waals surface area (Å²) in [6, 6.07) is 7.16. The fourth-order valence-corrected chi connectivity index (χ4v) is 3.21. The van der Waals surface area contributed by atoms with Crippen LogP contribution in [0.5, 0.6) is 0 Å². The van der Waals surface area contributed by atoms with Crippen molar-refractivity contribution >= 4 is 31.0 Å². The van der Waals surface area contributed by atoms with E-state index >= 15 is 0 Å². The van der Waals surface area contributed by atoms with E-state index in [-0.39, 0.29) is 31.6 Å². The molecule has 1 amide bonds. The predicted molar refractivity (Wildman–Crippen MR) is 83.5 cm³/mol. The van der Waals surface area contributed by atoms with Gasteiger partial charge in [-0.3, -0.25) is 13.8 Å². The number of amides is 1. The molecule has 2 rings (SSSR count). The highest BCUT2D eigenvalue weighted by Crippen LogP contribution is 2.50. The number of para-hydroxylation sites is 2. The second-order valence-electron chi connectivity index (χ2n) is 4.47. The molecule has 0 aromatic heterocycles. The van der Waals surface area contributed by atoms with E-state index in [1.165, 1.54) is 11.8 Å². The first kappa shape index (κ1) is 16.7. The fourth-order valence-electron chi connectivity index (χ4n) is 2.04. The summed E-state index contributed by atoms with van der Waals surface area (Å²) in [5.74, 6) is -0.0368. The molecule has 0 atom stereocenters. The summed E-state index contributed by atoms with van der Waals surface area (Å²) in [6.45, 7) is 5.26. The average Bonchev–Trinajstić information content (AvgIpc) is 2.46. The van der Waals surface area contributed by atoms with E-state index in [0.29, 0.717) is 11.4 Å². The molecule has 1 aromatic rings. The van der Waals surface area contributed by atoms with Crippen LogP contribution in [0.15, 0.2) is 29.3 Å². The third-order valence-electron chi connectivity index (χ3n) is 2.88. The maximum Gasteiger partial charge on any atom is 0.531 e. The Morgan fingerprint density at radius 1 is 1.27 bits per heavy atom. The van der Waals surface area contributed by atoms with Crippen LogP contribution in [0.1, 0.15) is 20.8 Å². The summed E-state index contributed by atoms with van der Waals surface area (Å²) in [5, 5.41) is 0. The molecule has 1 aliphatic rings. The summed E-state index contributed by atoms with van der Waals surface area (Å²) in [7, 11) is -3.73. The summed E-state index contributed by atoms with van der Waals surface area (Å²) in [4.78, 5) is 17.6. The molecule has 7 nitrogen and oxygen atoms in total. The van der Waals surface area contributed by atoms with E-state index in [0.717, 1.165) is 0 Å². The quantitative estimate of drug-likeness (QED) is 0.776. The second-order valence-corrected chi connectivity index (χ2v) is 6.07. The maximum atomic E-state index is 12.4. The topological polar surface area (TPSA) is 77.4 Å². The molecule has 0 N–H and O–H groups in total. The first-order valence-corrected chi connectivity index (χ1v) is 8.48. The first-order chi connectivity index (χ1) is 10.5. The molecule has 1 heterocycles. The van der Waals surface area contributed by atoms with Crippen molar-refractivity contribution < 1.29 is 22.9 Å². The molecular weight excluding hydrogens is 307 g/mol. The van der Waals surface area contributed by atoms with Crippen LogP contribution >= 0.6 is 7.82 Å². The number of aliphatic imine (C=N–C) groups is 1. The molecule has 0 saturated heterocycles. The van der Waals surface area contributed by atoms with Gasteiger partial charge in [0, 0.05) is 6.92 Å². The Hall–Kier alpha value is -1.69. The minimum atomic E-state index is -3.73. The lowest BCUT2D eigenvalue weighted by molar-refractivity contribution is -0.116. The third-order valence-corrected chi connectivity index (χ3v) is 4.47. The number of hydrogen-bond donors (Lipinski definition) is 0. The lowest BCUT2D eigenvalue weighted by Crippen LogP contribution is -2.36. The fraction of sp³-hybridized carbons (Fsp3) is 0.429. The molecule has 22 heavy (non-hydrogen) atoms. The molecule has 0 fully saturated rings. The smallest absolute Gasteiger partial charge is 0.388 e. The van der Waals surface area contributed by atoms with Gasteiger partial charge in [0.15, 0.2) is 0 Å². The standard InChI is InChI=1S/C14H19N2O5P/c1-4-19-22(18,20-5-2)21-14-10-16(11(3)17)13-9-7-6-8-12(13)15-14/h6-9H,4-5,10H2,1-3H3. The molecule has 0 radical (unpaired) electrons. The molecule has 120 valence electrons. The van der Waals surface area contributed by atoms with Gasteiger partial charge in [0.2, 0.25) is 11.8 Å². The number of rotatable bonds is 5. The minimum Gasteiger partial charge on any atom is -0.388 e. The molecule has 1 aliphatic heterocycles. The van der Waals surface area contributed by atoms with Crippen molar-refractivity contribution in [1.82, 2.24) is 0 Å². The summed E-state index contributed by atoms with van der Waals surface area (Å²) < 4.78 is 27.9. The van der Waals surface area contributed by atoms with Crippen LogP contribution in [0, 0.1) is 0 Å². The van der Waals surface area contributed by atoms with E-state index in [4.69, 9.17) is 13.6 Å². The van der Waals surface area contributed by atoms with Gasteiger partial charge < -0.3 is 9.42 Å². The Bertz CT molecular complexity index is 621. The SMILES string of the molecule is CCOP(=O)(OCC)OC1=Nc2ccccc2N(C(C)=O)C1. The van der Waals surface area contributed by atoms with Crippen LogP contribution in [-0.2, 0) is 22.9 Å². The molecule has 0 spiro atoms. The molecule has 0 unspecified atom stereocenters. The van der Waals surface area contributed by atoms with Gasteiger partial charge in [-0.2, -0.15) is 0 Å². The number of nitrogens with zero attached hydrogens (tertiary/aromatic N) is 2. The Labute approximate surface area is 129 Å². The van der Waals surface area contributed by atoms with E-state index in [9.17, 15) is 9.36 Å². The van der Waals surface area contributed by atoms with Gasteiger partial charge in [-0.15, -0.1) is 0 Å². The van der Waals surface area contributed by atoms with Crippen LogP contribution in [0.25, 0.3) is 0 Å². The van der Waals surface area contributed by atoms with Crippen LogP contribution in [-0.4, -0.2) is 31.6 Å². The number of anilines is 1. The highest BCUT2D eigenvalue weighted by Gasteiger charge is 2.32. The summed E-state index contributed by atoms with van der Waals surface area (Å²) in [5.41, 5.74) is 1.25. The molecule has 1 aromatic carbocycles. The molecule has 0 aliphatic carbocycles. The maximum absolute atomic E-state index is 12.4. The van der Waals surface area contributed by atoms with Crippen molar-refractivity contribution in [2.45, 2.75) is 20.8 Å². The number of benzene rings is 1. The van der Waals surface area contributed by atoms with E-state index < -0.39 is 7.82 Å². The number of carbonyl (C=O) groups is 1. The largest absolute Gasteiger partial charge is 0.531 e. The number of phosphoric acid groups is 1. The average molecular weight is 326 g/mol. The molecular formula is C14H19N2O5P. The highest BCUT2D eigenvalue weighted by atomic mass is 31.2. The summed E-state index contributed by atoms with van der Waals surface area (Å²) >= 11 is 0. The Kier molecular flexibility index (Phi) is 5.34. The van der Waals surface area contributed by atoms with Gasteiger partial charge in [0.1, 0.15) is 6.54 Å². The van der Waals surface area contributed by atoms with Gasteiger partial charge in [0.05, 0.1) is 24.6 Å². The number of hydrogen-bond acceptors (Lipinski definition) is 6. The van der Waals surface area contributed by atoms with Crippen LogP contribution < -0.4 is 4.90 Å². The van der Waals surface area contributed by atoms with Gasteiger partial charge in [-0.25, -0.2) is 9.56 Å². The highest BCUT2D eigenvalue weighted by molar-refractivity contribution is 7.49. The van der Waals surface area contributed by atoms with Gasteiger partial charge >= 0.3 is 7.82 Å². The molecule has 0 bridgehead atoms. The number of carbonyl (C=O) groups excluding carboxylic acids is 1. The Morgan fingerprint density at radius 3 is 2.50 bits per heavy atom. The van der Waals surface area contributed by atoms with Crippen LogP contribution in [0.2, 0.25) is 0 Å². The minimum absolute atomic E-state index is 0.0798. The zero-order valence-corrected chi connectivity index (χ0v) is 13.7. The third kappa shape index (κ3) is 3.74.